The number of benzene rings is 2. The zero-order chi connectivity index (χ0) is 17.4. The second-order valence-electron chi connectivity index (χ2n) is 5.81. The molecule has 2 aromatic carbocycles. The number of fused-ring (bicyclic) bond motifs is 3. The Bertz CT molecular complexity index is 1010. The van der Waals surface area contributed by atoms with Crippen LogP contribution in [0.5, 0.6) is 0 Å². The van der Waals surface area contributed by atoms with Crippen molar-refractivity contribution in [3.8, 4) is 0 Å². The summed E-state index contributed by atoms with van der Waals surface area (Å²) >= 11 is 3.04. The predicted octanol–water partition coefficient (Wildman–Crippen LogP) is 5.17. The summed E-state index contributed by atoms with van der Waals surface area (Å²) in [5, 5.41) is 11.2. The van der Waals surface area contributed by atoms with Crippen molar-refractivity contribution < 1.29 is 4.79 Å². The molecule has 25 heavy (non-hydrogen) atoms. The van der Waals surface area contributed by atoms with Crippen LogP contribution in [0.15, 0.2) is 52.9 Å². The number of thioether (sulfide) groups is 1. The van der Waals surface area contributed by atoms with E-state index in [-0.39, 0.29) is 11.2 Å². The summed E-state index contributed by atoms with van der Waals surface area (Å²) in [7, 11) is 0. The van der Waals surface area contributed by atoms with Crippen molar-refractivity contribution >= 4 is 50.8 Å². The average Bonchev–Trinajstić information content (AvgIpc) is 3.20. The molecular formula is C19H17N3OS2. The topological polar surface area (TPSA) is 47.8 Å². The van der Waals surface area contributed by atoms with Gasteiger partial charge in [0.15, 0.2) is 4.34 Å². The number of hydrogen-bond donors (Lipinski definition) is 0. The van der Waals surface area contributed by atoms with Gasteiger partial charge in [0.25, 0.3) is 0 Å². The van der Waals surface area contributed by atoms with Crippen LogP contribution in [-0.2, 0) is 0 Å². The van der Waals surface area contributed by atoms with E-state index in [4.69, 9.17) is 0 Å². The van der Waals surface area contributed by atoms with Crippen LogP contribution in [0.4, 0.5) is 0 Å². The molecule has 0 aliphatic carbocycles. The predicted molar refractivity (Wildman–Crippen MR) is 105 cm³/mol. The van der Waals surface area contributed by atoms with Crippen LogP contribution >= 0.6 is 23.1 Å². The third-order valence-corrected chi connectivity index (χ3v) is 6.47. The first-order valence-electron chi connectivity index (χ1n) is 8.18. The lowest BCUT2D eigenvalue weighted by molar-refractivity contribution is 0.0919. The van der Waals surface area contributed by atoms with Crippen LogP contribution in [0.3, 0.4) is 0 Å². The molecule has 0 fully saturated rings. The SMILES string of the molecule is CCC(Sc1nnc(C)s1)C(=O)n1c2ccccc2c2ccccc21. The number of hydrogen-bond acceptors (Lipinski definition) is 5. The van der Waals surface area contributed by atoms with Crippen molar-refractivity contribution in [2.24, 2.45) is 0 Å². The molecule has 4 nitrogen and oxygen atoms in total. The van der Waals surface area contributed by atoms with Gasteiger partial charge in [-0.2, -0.15) is 0 Å². The Balaban J connectivity index is 1.82. The van der Waals surface area contributed by atoms with Gasteiger partial charge in [0, 0.05) is 10.8 Å². The summed E-state index contributed by atoms with van der Waals surface area (Å²) < 4.78 is 2.71. The van der Waals surface area contributed by atoms with E-state index in [1.54, 1.807) is 0 Å². The Kier molecular flexibility index (Phi) is 4.31. The largest absolute Gasteiger partial charge is 0.279 e. The lowest BCUT2D eigenvalue weighted by atomic mass is 10.2. The van der Waals surface area contributed by atoms with Gasteiger partial charge in [-0.05, 0) is 25.5 Å². The van der Waals surface area contributed by atoms with E-state index in [0.29, 0.717) is 0 Å². The highest BCUT2D eigenvalue weighted by Crippen LogP contribution is 2.33. The molecule has 0 bridgehead atoms. The van der Waals surface area contributed by atoms with Gasteiger partial charge in [0.1, 0.15) is 5.01 Å². The minimum absolute atomic E-state index is 0.0951. The molecule has 0 aliphatic heterocycles. The maximum atomic E-state index is 13.4. The van der Waals surface area contributed by atoms with Crippen molar-refractivity contribution in [3.63, 3.8) is 0 Å². The Morgan fingerprint density at radius 2 is 1.68 bits per heavy atom. The number of rotatable bonds is 4. The highest BCUT2D eigenvalue weighted by Gasteiger charge is 2.24. The first-order chi connectivity index (χ1) is 12.2. The van der Waals surface area contributed by atoms with Crippen molar-refractivity contribution in [2.75, 3.05) is 0 Å². The number of aromatic nitrogens is 3. The zero-order valence-electron chi connectivity index (χ0n) is 14.0. The van der Waals surface area contributed by atoms with E-state index in [1.807, 2.05) is 54.8 Å². The van der Waals surface area contributed by atoms with Gasteiger partial charge in [-0.15, -0.1) is 10.2 Å². The smallest absolute Gasteiger partial charge is 0.245 e. The molecule has 1 atom stereocenters. The van der Waals surface area contributed by atoms with Gasteiger partial charge >= 0.3 is 0 Å². The highest BCUT2D eigenvalue weighted by atomic mass is 32.2. The summed E-state index contributed by atoms with van der Waals surface area (Å²) in [4.78, 5) is 13.4. The van der Waals surface area contributed by atoms with E-state index < -0.39 is 0 Å². The number of para-hydroxylation sites is 2. The minimum Gasteiger partial charge on any atom is -0.279 e. The van der Waals surface area contributed by atoms with E-state index in [0.717, 1.165) is 37.6 Å². The van der Waals surface area contributed by atoms with E-state index in [2.05, 4.69) is 22.3 Å². The second-order valence-corrected chi connectivity index (χ2v) is 8.44. The molecule has 0 saturated carbocycles. The van der Waals surface area contributed by atoms with Crippen molar-refractivity contribution in [1.29, 1.82) is 0 Å². The second kappa shape index (κ2) is 6.61. The standard InChI is InChI=1S/C19H17N3OS2/c1-3-17(25-19-21-20-12(2)24-19)18(23)22-15-10-6-4-8-13(15)14-9-5-7-11-16(14)22/h4-11,17H,3H2,1-2H3. The number of carbonyl (C=O) groups is 1. The van der Waals surface area contributed by atoms with Crippen LogP contribution in [-0.4, -0.2) is 25.9 Å². The molecule has 4 rings (SSSR count). The van der Waals surface area contributed by atoms with Crippen molar-refractivity contribution in [3.05, 3.63) is 53.5 Å². The maximum absolute atomic E-state index is 13.4. The highest BCUT2D eigenvalue weighted by molar-refractivity contribution is 8.02. The van der Waals surface area contributed by atoms with E-state index in [9.17, 15) is 4.79 Å². The normalized spacial score (nSPS) is 12.7. The van der Waals surface area contributed by atoms with Gasteiger partial charge in [0.2, 0.25) is 5.91 Å². The van der Waals surface area contributed by atoms with Gasteiger partial charge in [-0.3, -0.25) is 9.36 Å². The molecule has 0 radical (unpaired) electrons. The lowest BCUT2D eigenvalue weighted by Gasteiger charge is -2.14. The number of aryl methyl sites for hydroxylation is 1. The Labute approximate surface area is 153 Å². The Hall–Kier alpha value is -2.18. The van der Waals surface area contributed by atoms with E-state index >= 15 is 0 Å². The first kappa shape index (κ1) is 16.3. The fourth-order valence-corrected chi connectivity index (χ4v) is 5.08. The molecule has 0 amide bonds. The summed E-state index contributed by atoms with van der Waals surface area (Å²) in [6.07, 6.45) is 0.739. The quantitative estimate of drug-likeness (QED) is 0.467. The minimum atomic E-state index is -0.188. The number of nitrogens with zero attached hydrogens (tertiary/aromatic N) is 3. The summed E-state index contributed by atoms with van der Waals surface area (Å²) in [5.74, 6) is 0.0951. The molecule has 4 aromatic rings. The van der Waals surface area contributed by atoms with Crippen LogP contribution in [0.25, 0.3) is 21.8 Å². The fraction of sp³-hybridized carbons (Fsp3) is 0.211. The van der Waals surface area contributed by atoms with Crippen LogP contribution < -0.4 is 0 Å². The fourth-order valence-electron chi connectivity index (χ4n) is 3.06. The van der Waals surface area contributed by atoms with E-state index in [1.165, 1.54) is 23.1 Å². The van der Waals surface area contributed by atoms with Crippen LogP contribution in [0, 0.1) is 6.92 Å². The number of carbonyl (C=O) groups excluding carboxylic acids is 1. The van der Waals surface area contributed by atoms with Gasteiger partial charge < -0.3 is 0 Å². The third kappa shape index (κ3) is 2.85. The van der Waals surface area contributed by atoms with Crippen LogP contribution in [0.2, 0.25) is 0 Å². The molecule has 6 heteroatoms. The first-order valence-corrected chi connectivity index (χ1v) is 9.88. The molecule has 1 unspecified atom stereocenters. The molecule has 0 aliphatic rings. The van der Waals surface area contributed by atoms with Crippen molar-refractivity contribution in [1.82, 2.24) is 14.8 Å². The van der Waals surface area contributed by atoms with Gasteiger partial charge in [-0.1, -0.05) is 66.4 Å². The lowest BCUT2D eigenvalue weighted by Crippen LogP contribution is -2.23. The van der Waals surface area contributed by atoms with Gasteiger partial charge in [-0.25, -0.2) is 0 Å². The molecular weight excluding hydrogens is 350 g/mol. The van der Waals surface area contributed by atoms with Crippen LogP contribution in [0.1, 0.15) is 23.1 Å². The monoisotopic (exact) mass is 367 g/mol. The molecule has 126 valence electrons. The van der Waals surface area contributed by atoms with Gasteiger partial charge in [0.05, 0.1) is 16.3 Å². The zero-order valence-corrected chi connectivity index (χ0v) is 15.6. The molecule has 2 aromatic heterocycles. The molecule has 2 heterocycles. The Morgan fingerprint density at radius 3 is 2.20 bits per heavy atom. The molecule has 0 spiro atoms. The third-order valence-electron chi connectivity index (χ3n) is 4.20. The Morgan fingerprint density at radius 1 is 1.08 bits per heavy atom. The summed E-state index contributed by atoms with van der Waals surface area (Å²) in [6.45, 7) is 3.97. The summed E-state index contributed by atoms with van der Waals surface area (Å²) in [5.41, 5.74) is 1.92. The molecule has 0 N–H and O–H groups in total. The summed E-state index contributed by atoms with van der Waals surface area (Å²) in [6, 6.07) is 16.2. The van der Waals surface area contributed by atoms with Crippen molar-refractivity contribution in [2.45, 2.75) is 29.9 Å². The maximum Gasteiger partial charge on any atom is 0.245 e. The average molecular weight is 367 g/mol. The molecule has 0 saturated heterocycles.